The van der Waals surface area contributed by atoms with Gasteiger partial charge in [0.05, 0.1) is 5.60 Å². The summed E-state index contributed by atoms with van der Waals surface area (Å²) >= 11 is 0. The second kappa shape index (κ2) is 6.36. The number of carbonyl (C=O) groups is 1. The minimum absolute atomic E-state index is 0.0285. The Morgan fingerprint density at radius 2 is 2.35 bits per heavy atom. The lowest BCUT2D eigenvalue weighted by atomic mass is 10.0. The van der Waals surface area contributed by atoms with Gasteiger partial charge in [-0.2, -0.15) is 0 Å². The van der Waals surface area contributed by atoms with Crippen molar-refractivity contribution >= 4 is 5.91 Å². The van der Waals surface area contributed by atoms with Crippen molar-refractivity contribution in [3.05, 3.63) is 0 Å². The van der Waals surface area contributed by atoms with Gasteiger partial charge < -0.3 is 15.8 Å². The summed E-state index contributed by atoms with van der Waals surface area (Å²) in [6, 6.07) is 0. The molecular formula is C13H26N2O2. The lowest BCUT2D eigenvalue weighted by Crippen LogP contribution is -2.45. The quantitative estimate of drug-likeness (QED) is 0.740. The first-order valence-electron chi connectivity index (χ1n) is 6.68. The molecule has 1 aliphatic carbocycles. The van der Waals surface area contributed by atoms with Crippen LogP contribution in [0.3, 0.4) is 0 Å². The topological polar surface area (TPSA) is 64.3 Å². The van der Waals surface area contributed by atoms with Gasteiger partial charge in [0.15, 0.2) is 0 Å². The van der Waals surface area contributed by atoms with Crippen LogP contribution in [0.5, 0.6) is 0 Å². The minimum Gasteiger partial charge on any atom is -0.361 e. The summed E-state index contributed by atoms with van der Waals surface area (Å²) in [6.45, 7) is 7.26. The van der Waals surface area contributed by atoms with E-state index in [1.807, 2.05) is 13.8 Å². The van der Waals surface area contributed by atoms with Gasteiger partial charge >= 0.3 is 0 Å². The van der Waals surface area contributed by atoms with Crippen molar-refractivity contribution in [3.8, 4) is 0 Å². The number of nitrogens with one attached hydrogen (secondary N) is 1. The van der Waals surface area contributed by atoms with Crippen LogP contribution in [0.4, 0.5) is 0 Å². The SMILES string of the molecule is CCCNC(=O)C(C)OC1(CN)CCC(C)C1. The van der Waals surface area contributed by atoms with Gasteiger partial charge in [0, 0.05) is 13.1 Å². The molecule has 4 heteroatoms. The summed E-state index contributed by atoms with van der Waals surface area (Å²) in [5.41, 5.74) is 5.55. The number of ether oxygens (including phenoxy) is 1. The molecule has 3 N–H and O–H groups in total. The Morgan fingerprint density at radius 3 is 2.82 bits per heavy atom. The zero-order chi connectivity index (χ0) is 12.9. The molecule has 4 nitrogen and oxygen atoms in total. The first-order chi connectivity index (χ1) is 8.03. The molecule has 1 saturated carbocycles. The summed E-state index contributed by atoms with van der Waals surface area (Å²) in [6.07, 6.45) is 3.61. The van der Waals surface area contributed by atoms with Crippen LogP contribution in [0.1, 0.15) is 46.5 Å². The highest BCUT2D eigenvalue weighted by molar-refractivity contribution is 5.80. The van der Waals surface area contributed by atoms with Crippen molar-refractivity contribution in [1.82, 2.24) is 5.32 Å². The third kappa shape index (κ3) is 3.96. The Hall–Kier alpha value is -0.610. The molecule has 0 bridgehead atoms. The summed E-state index contributed by atoms with van der Waals surface area (Å²) < 4.78 is 5.94. The Balaban J connectivity index is 2.48. The molecule has 1 fully saturated rings. The first-order valence-corrected chi connectivity index (χ1v) is 6.68. The van der Waals surface area contributed by atoms with E-state index in [1.54, 1.807) is 0 Å². The normalized spacial score (nSPS) is 30.2. The molecule has 17 heavy (non-hydrogen) atoms. The van der Waals surface area contributed by atoms with Gasteiger partial charge in [-0.05, 0) is 38.5 Å². The van der Waals surface area contributed by atoms with Crippen LogP contribution in [-0.2, 0) is 9.53 Å². The van der Waals surface area contributed by atoms with E-state index < -0.39 is 6.10 Å². The molecule has 0 saturated heterocycles. The van der Waals surface area contributed by atoms with E-state index in [9.17, 15) is 4.79 Å². The summed E-state index contributed by atoms with van der Waals surface area (Å²) in [5, 5.41) is 2.85. The average molecular weight is 242 g/mol. The average Bonchev–Trinajstić information content (AvgIpc) is 2.68. The molecule has 0 aromatic rings. The fraction of sp³-hybridized carbons (Fsp3) is 0.923. The monoisotopic (exact) mass is 242 g/mol. The van der Waals surface area contributed by atoms with Gasteiger partial charge in [-0.15, -0.1) is 0 Å². The molecule has 0 radical (unpaired) electrons. The minimum atomic E-state index is -0.407. The molecule has 1 rings (SSSR count). The van der Waals surface area contributed by atoms with Crippen molar-refractivity contribution in [1.29, 1.82) is 0 Å². The lowest BCUT2D eigenvalue weighted by molar-refractivity contribution is -0.144. The highest BCUT2D eigenvalue weighted by Crippen LogP contribution is 2.37. The number of carbonyl (C=O) groups excluding carboxylic acids is 1. The number of hydrogen-bond acceptors (Lipinski definition) is 3. The molecule has 0 aromatic carbocycles. The number of hydrogen-bond donors (Lipinski definition) is 2. The molecule has 1 amide bonds. The van der Waals surface area contributed by atoms with E-state index in [0.717, 1.165) is 25.7 Å². The fourth-order valence-electron chi connectivity index (χ4n) is 2.51. The Kier molecular flexibility index (Phi) is 5.40. The zero-order valence-corrected chi connectivity index (χ0v) is 11.3. The Bertz CT molecular complexity index is 258. The first kappa shape index (κ1) is 14.5. The maximum Gasteiger partial charge on any atom is 0.248 e. The third-order valence-corrected chi connectivity index (χ3v) is 3.53. The summed E-state index contributed by atoms with van der Waals surface area (Å²) in [5.74, 6) is 0.615. The third-order valence-electron chi connectivity index (χ3n) is 3.53. The van der Waals surface area contributed by atoms with E-state index in [4.69, 9.17) is 10.5 Å². The molecule has 3 atom stereocenters. The van der Waals surface area contributed by atoms with Gasteiger partial charge in [-0.25, -0.2) is 0 Å². The predicted molar refractivity (Wildman–Crippen MR) is 68.6 cm³/mol. The van der Waals surface area contributed by atoms with Gasteiger partial charge in [0.1, 0.15) is 6.10 Å². The van der Waals surface area contributed by atoms with E-state index in [0.29, 0.717) is 19.0 Å². The highest BCUT2D eigenvalue weighted by Gasteiger charge is 2.39. The van der Waals surface area contributed by atoms with Crippen molar-refractivity contribution in [2.45, 2.75) is 58.2 Å². The van der Waals surface area contributed by atoms with Crippen LogP contribution in [0.2, 0.25) is 0 Å². The van der Waals surface area contributed by atoms with Crippen LogP contribution in [0.25, 0.3) is 0 Å². The van der Waals surface area contributed by atoms with E-state index in [2.05, 4.69) is 12.2 Å². The van der Waals surface area contributed by atoms with Crippen LogP contribution < -0.4 is 11.1 Å². The summed E-state index contributed by atoms with van der Waals surface area (Å²) in [4.78, 5) is 11.8. The largest absolute Gasteiger partial charge is 0.361 e. The van der Waals surface area contributed by atoms with Gasteiger partial charge in [-0.3, -0.25) is 4.79 Å². The standard InChI is InChI=1S/C13H26N2O2/c1-4-7-15-12(16)11(3)17-13(9-14)6-5-10(2)8-13/h10-11H,4-9,14H2,1-3H3,(H,15,16). The van der Waals surface area contributed by atoms with Crippen molar-refractivity contribution < 1.29 is 9.53 Å². The molecule has 0 heterocycles. The highest BCUT2D eigenvalue weighted by atomic mass is 16.5. The molecule has 1 aliphatic rings. The second-order valence-corrected chi connectivity index (χ2v) is 5.29. The zero-order valence-electron chi connectivity index (χ0n) is 11.3. The maximum atomic E-state index is 11.8. The fourth-order valence-corrected chi connectivity index (χ4v) is 2.51. The smallest absolute Gasteiger partial charge is 0.248 e. The maximum absolute atomic E-state index is 11.8. The Labute approximate surface area is 104 Å². The van der Waals surface area contributed by atoms with Crippen LogP contribution in [-0.4, -0.2) is 30.7 Å². The number of nitrogens with two attached hydrogens (primary N) is 1. The molecule has 0 spiro atoms. The van der Waals surface area contributed by atoms with Gasteiger partial charge in [0.25, 0.3) is 0 Å². The van der Waals surface area contributed by atoms with Gasteiger partial charge in [-0.1, -0.05) is 13.8 Å². The molecule has 3 unspecified atom stereocenters. The van der Waals surface area contributed by atoms with Crippen molar-refractivity contribution in [3.63, 3.8) is 0 Å². The van der Waals surface area contributed by atoms with Crippen molar-refractivity contribution in [2.75, 3.05) is 13.1 Å². The Morgan fingerprint density at radius 1 is 1.65 bits per heavy atom. The lowest BCUT2D eigenvalue weighted by Gasteiger charge is -2.31. The molecule has 100 valence electrons. The van der Waals surface area contributed by atoms with E-state index in [-0.39, 0.29) is 11.5 Å². The number of rotatable bonds is 6. The molecule has 0 aromatic heterocycles. The summed E-state index contributed by atoms with van der Waals surface area (Å²) in [7, 11) is 0. The number of amides is 1. The van der Waals surface area contributed by atoms with Crippen molar-refractivity contribution in [2.24, 2.45) is 11.7 Å². The van der Waals surface area contributed by atoms with E-state index >= 15 is 0 Å². The van der Waals surface area contributed by atoms with Gasteiger partial charge in [0.2, 0.25) is 5.91 Å². The second-order valence-electron chi connectivity index (χ2n) is 5.29. The molecule has 0 aliphatic heterocycles. The van der Waals surface area contributed by atoms with E-state index in [1.165, 1.54) is 0 Å². The van der Waals surface area contributed by atoms with Crippen LogP contribution in [0, 0.1) is 5.92 Å². The van der Waals surface area contributed by atoms with Crippen LogP contribution in [0.15, 0.2) is 0 Å². The molecular weight excluding hydrogens is 216 g/mol. The van der Waals surface area contributed by atoms with Crippen LogP contribution >= 0.6 is 0 Å². The predicted octanol–water partition coefficient (Wildman–Crippen LogP) is 1.44.